The average molecular weight is 268 g/mol. The number of nitrogens with zero attached hydrogens (tertiary/aromatic N) is 1. The van der Waals surface area contributed by atoms with Gasteiger partial charge in [-0.15, -0.1) is 0 Å². The lowest BCUT2D eigenvalue weighted by molar-refractivity contribution is -0.140. The van der Waals surface area contributed by atoms with Crippen molar-refractivity contribution in [2.24, 2.45) is 0 Å². The summed E-state index contributed by atoms with van der Waals surface area (Å²) in [5, 5.41) is 3.39. The maximum absolute atomic E-state index is 5.87. The van der Waals surface area contributed by atoms with Crippen LogP contribution in [0.5, 0.6) is 0 Å². The summed E-state index contributed by atoms with van der Waals surface area (Å²) in [6, 6.07) is 0. The molecule has 0 aromatic rings. The fraction of sp³-hybridized carbons (Fsp3) is 1.00. The van der Waals surface area contributed by atoms with Crippen LogP contribution in [0, 0.1) is 0 Å². The summed E-state index contributed by atoms with van der Waals surface area (Å²) in [6.45, 7) is 6.27. The Balaban J connectivity index is 2.09. The van der Waals surface area contributed by atoms with E-state index in [4.69, 9.17) is 4.74 Å². The lowest BCUT2D eigenvalue weighted by Gasteiger charge is -2.46. The Morgan fingerprint density at radius 1 is 1.73 bits per heavy atom. The molecule has 0 amide bonds. The Morgan fingerprint density at radius 3 is 3.27 bits per heavy atom. The van der Waals surface area contributed by atoms with E-state index in [0.29, 0.717) is 6.10 Å². The number of rotatable bonds is 0. The van der Waals surface area contributed by atoms with E-state index in [1.54, 1.807) is 0 Å². The molecule has 2 bridgehead atoms. The van der Waals surface area contributed by atoms with Gasteiger partial charge in [-0.2, -0.15) is 0 Å². The monoisotopic (exact) mass is 268 g/mol. The average Bonchev–Trinajstić information content (AvgIpc) is 1.82. The third-order valence-corrected chi connectivity index (χ3v) is 2.96. The Hall–Kier alpha value is 0.610. The molecule has 0 radical (unpaired) electrons. The largest absolute Gasteiger partial charge is 0.367 e. The highest BCUT2D eigenvalue weighted by Crippen LogP contribution is 2.25. The maximum atomic E-state index is 5.87. The third-order valence-electron chi connectivity index (χ3n) is 2.23. The van der Waals surface area contributed by atoms with Gasteiger partial charge in [-0.25, -0.2) is 3.11 Å². The molecule has 11 heavy (non-hydrogen) atoms. The highest BCUT2D eigenvalue weighted by Gasteiger charge is 2.39. The van der Waals surface area contributed by atoms with Crippen molar-refractivity contribution in [1.29, 1.82) is 0 Å². The lowest BCUT2D eigenvalue weighted by Crippen LogP contribution is -2.62. The number of halogens is 1. The van der Waals surface area contributed by atoms with Crippen LogP contribution < -0.4 is 5.32 Å². The molecule has 0 saturated carbocycles. The van der Waals surface area contributed by atoms with E-state index in [1.807, 2.05) is 0 Å². The second-order valence-electron chi connectivity index (χ2n) is 3.62. The minimum Gasteiger partial charge on any atom is -0.367 e. The molecule has 0 spiro atoms. The molecular weight excluding hydrogens is 255 g/mol. The summed E-state index contributed by atoms with van der Waals surface area (Å²) in [6.07, 6.45) is 0.402. The SMILES string of the molecule is CC12CNCC(CN(I)C1)O2. The van der Waals surface area contributed by atoms with Crippen LogP contribution in [0.4, 0.5) is 0 Å². The van der Waals surface area contributed by atoms with Crippen molar-refractivity contribution in [2.45, 2.75) is 18.6 Å². The predicted octanol–water partition coefficient (Wildman–Crippen LogP) is 0.399. The molecule has 2 heterocycles. The number of ether oxygens (including phenoxy) is 1. The minimum absolute atomic E-state index is 0.0579. The first-order valence-electron chi connectivity index (χ1n) is 3.97. The van der Waals surface area contributed by atoms with Gasteiger partial charge < -0.3 is 10.1 Å². The van der Waals surface area contributed by atoms with Crippen LogP contribution in [-0.2, 0) is 4.74 Å². The number of hydrogen-bond donors (Lipinski definition) is 1. The maximum Gasteiger partial charge on any atom is 0.0917 e. The topological polar surface area (TPSA) is 24.5 Å². The van der Waals surface area contributed by atoms with E-state index in [0.717, 1.165) is 26.2 Å². The summed E-state index contributed by atoms with van der Waals surface area (Å²) < 4.78 is 8.20. The lowest BCUT2D eigenvalue weighted by atomic mass is 10.0. The van der Waals surface area contributed by atoms with Gasteiger partial charge >= 0.3 is 0 Å². The molecule has 0 aliphatic carbocycles. The molecule has 2 rings (SSSR count). The van der Waals surface area contributed by atoms with E-state index in [1.165, 1.54) is 0 Å². The molecule has 2 atom stereocenters. The molecule has 2 fully saturated rings. The first-order valence-corrected chi connectivity index (χ1v) is 4.94. The van der Waals surface area contributed by atoms with Crippen molar-refractivity contribution < 1.29 is 4.74 Å². The molecule has 2 aliphatic rings. The van der Waals surface area contributed by atoms with E-state index in [2.05, 4.69) is 38.2 Å². The zero-order valence-electron chi connectivity index (χ0n) is 6.64. The van der Waals surface area contributed by atoms with E-state index in [-0.39, 0.29) is 5.60 Å². The number of hydrogen-bond acceptors (Lipinski definition) is 3. The first-order chi connectivity index (χ1) is 5.18. The molecule has 64 valence electrons. The van der Waals surface area contributed by atoms with Gasteiger partial charge in [0.05, 0.1) is 11.7 Å². The fourth-order valence-corrected chi connectivity index (χ4v) is 2.99. The highest BCUT2D eigenvalue weighted by molar-refractivity contribution is 14.1. The molecular formula is C7H13IN2O. The second kappa shape index (κ2) is 2.83. The molecule has 0 aromatic carbocycles. The van der Waals surface area contributed by atoms with Gasteiger partial charge in [0.1, 0.15) is 0 Å². The number of nitrogens with one attached hydrogen (secondary N) is 1. The van der Waals surface area contributed by atoms with Gasteiger partial charge in [0.25, 0.3) is 0 Å². The Bertz CT molecular complexity index is 163. The quantitative estimate of drug-likeness (QED) is 0.508. The van der Waals surface area contributed by atoms with Gasteiger partial charge in [-0.05, 0) is 6.92 Å². The predicted molar refractivity (Wildman–Crippen MR) is 51.7 cm³/mol. The van der Waals surface area contributed by atoms with Crippen molar-refractivity contribution in [3.63, 3.8) is 0 Å². The van der Waals surface area contributed by atoms with Gasteiger partial charge in [-0.1, -0.05) is 0 Å². The van der Waals surface area contributed by atoms with Gasteiger partial charge in [-0.3, -0.25) is 0 Å². The molecule has 0 aromatic heterocycles. The summed E-state index contributed by atoms with van der Waals surface area (Å²) in [5.74, 6) is 0. The molecule has 1 N–H and O–H groups in total. The summed E-state index contributed by atoms with van der Waals surface area (Å²) in [5.41, 5.74) is 0.0579. The fourth-order valence-electron chi connectivity index (χ4n) is 1.83. The first kappa shape index (κ1) is 8.22. The van der Waals surface area contributed by atoms with Crippen molar-refractivity contribution in [1.82, 2.24) is 8.43 Å². The molecule has 2 unspecified atom stereocenters. The minimum atomic E-state index is 0.0579. The summed E-state index contributed by atoms with van der Waals surface area (Å²) >= 11 is 2.38. The van der Waals surface area contributed by atoms with E-state index in [9.17, 15) is 0 Å². The van der Waals surface area contributed by atoms with Crippen molar-refractivity contribution in [3.05, 3.63) is 0 Å². The molecule has 3 nitrogen and oxygen atoms in total. The standard InChI is InChI=1S/C7H13IN2O/c1-7-4-9-2-6(11-7)3-10(8)5-7/h6,9H,2-5H2,1H3. The van der Waals surface area contributed by atoms with Crippen molar-refractivity contribution in [2.75, 3.05) is 26.2 Å². The second-order valence-corrected chi connectivity index (χ2v) is 4.99. The summed E-state index contributed by atoms with van der Waals surface area (Å²) in [4.78, 5) is 0. The van der Waals surface area contributed by atoms with E-state index < -0.39 is 0 Å². The molecule has 2 aliphatic heterocycles. The Kier molecular flexibility index (Phi) is 2.11. The van der Waals surface area contributed by atoms with Crippen LogP contribution in [0.2, 0.25) is 0 Å². The Labute approximate surface area is 81.0 Å². The van der Waals surface area contributed by atoms with Crippen molar-refractivity contribution in [3.8, 4) is 0 Å². The van der Waals surface area contributed by atoms with Crippen LogP contribution in [0.3, 0.4) is 0 Å². The van der Waals surface area contributed by atoms with Crippen LogP contribution in [0.1, 0.15) is 6.92 Å². The van der Waals surface area contributed by atoms with Crippen LogP contribution in [-0.4, -0.2) is 41.0 Å². The number of morpholine rings is 2. The van der Waals surface area contributed by atoms with Gasteiger partial charge in [0.2, 0.25) is 0 Å². The van der Waals surface area contributed by atoms with Crippen LogP contribution >= 0.6 is 22.9 Å². The summed E-state index contributed by atoms with van der Waals surface area (Å²) in [7, 11) is 0. The van der Waals surface area contributed by atoms with Crippen molar-refractivity contribution >= 4 is 22.9 Å². The smallest absolute Gasteiger partial charge is 0.0917 e. The van der Waals surface area contributed by atoms with Gasteiger partial charge in [0.15, 0.2) is 0 Å². The number of fused-ring (bicyclic) bond motifs is 2. The van der Waals surface area contributed by atoms with Gasteiger partial charge in [0, 0.05) is 49.0 Å². The van der Waals surface area contributed by atoms with E-state index >= 15 is 0 Å². The normalized spacial score (nSPS) is 45.8. The van der Waals surface area contributed by atoms with Crippen LogP contribution in [0.15, 0.2) is 0 Å². The zero-order chi connectivity index (χ0) is 7.90. The van der Waals surface area contributed by atoms with Crippen LogP contribution in [0.25, 0.3) is 0 Å². The zero-order valence-corrected chi connectivity index (χ0v) is 8.80. The molecule has 4 heteroatoms. The highest BCUT2D eigenvalue weighted by atomic mass is 127. The Morgan fingerprint density at radius 2 is 2.55 bits per heavy atom. The third kappa shape index (κ3) is 1.68. The molecule has 2 saturated heterocycles.